The number of fused-ring (bicyclic) bond motifs is 9. The second-order valence-electron chi connectivity index (χ2n) is 15.1. The van der Waals surface area contributed by atoms with Crippen molar-refractivity contribution < 1.29 is 8.83 Å². The predicted octanol–water partition coefficient (Wildman–Crippen LogP) is 10.3. The third kappa shape index (κ3) is 4.66. The number of rotatable bonds is 4. The first kappa shape index (κ1) is 30.3. The lowest BCUT2D eigenvalue weighted by atomic mass is 9.74. The van der Waals surface area contributed by atoms with Crippen LogP contribution in [0.5, 0.6) is 0 Å². The Balaban J connectivity index is 1.03. The fraction of sp³-hybridized carbons (Fsp3) is 0.146. The summed E-state index contributed by atoms with van der Waals surface area (Å²) in [5.41, 5.74) is 13.2. The van der Waals surface area contributed by atoms with E-state index in [0.29, 0.717) is 23.4 Å². The van der Waals surface area contributed by atoms with Crippen molar-refractivity contribution in [2.24, 2.45) is 5.92 Å². The van der Waals surface area contributed by atoms with Crippen LogP contribution in [0.3, 0.4) is 0 Å². The van der Waals surface area contributed by atoms with Crippen LogP contribution in [0.1, 0.15) is 49.1 Å². The van der Waals surface area contributed by atoms with Gasteiger partial charge in [0, 0.05) is 44.7 Å². The van der Waals surface area contributed by atoms with E-state index in [-0.39, 0.29) is 5.41 Å². The summed E-state index contributed by atoms with van der Waals surface area (Å²) in [4.78, 5) is 15.2. The van der Waals surface area contributed by atoms with Gasteiger partial charge in [-0.05, 0) is 88.4 Å². The Morgan fingerprint density at radius 1 is 0.623 bits per heavy atom. The van der Waals surface area contributed by atoms with E-state index in [1.807, 2.05) is 30.3 Å². The summed E-state index contributed by atoms with van der Waals surface area (Å²) in [6.07, 6.45) is 9.58. The monoisotopic (exact) mass is 685 g/mol. The van der Waals surface area contributed by atoms with Gasteiger partial charge < -0.3 is 8.83 Å². The molecule has 0 N–H and O–H groups in total. The molecule has 254 valence electrons. The summed E-state index contributed by atoms with van der Waals surface area (Å²) in [6, 6.07) is 40.5. The fourth-order valence-corrected chi connectivity index (χ4v) is 8.94. The average molecular weight is 686 g/mol. The van der Waals surface area contributed by atoms with Gasteiger partial charge in [0.2, 0.25) is 0 Å². The normalized spacial score (nSPS) is 16.6. The van der Waals surface area contributed by atoms with E-state index < -0.39 is 0 Å². The molecule has 0 saturated heterocycles. The maximum Gasteiger partial charge on any atom is 0.164 e. The van der Waals surface area contributed by atoms with Gasteiger partial charge in [0.25, 0.3) is 0 Å². The van der Waals surface area contributed by atoms with Gasteiger partial charge in [0.1, 0.15) is 22.3 Å². The SMILES string of the molecule is CC1(C)c2cc(-c3cccc(-c4nc(-c5ccccc5)nc(-c5ccc6c7c(oc6c5)CCC=C7)n4)c3)ccc2C2=c3c(oc4ccccc34)=CCC21. The molecule has 53 heavy (non-hydrogen) atoms. The van der Waals surface area contributed by atoms with Crippen molar-refractivity contribution in [3.63, 3.8) is 0 Å². The number of hydrogen-bond donors (Lipinski definition) is 0. The average Bonchev–Trinajstić information content (AvgIpc) is 3.85. The molecule has 3 aromatic heterocycles. The number of nitrogens with zero attached hydrogens (tertiary/aromatic N) is 3. The third-order valence-electron chi connectivity index (χ3n) is 11.7. The maximum atomic E-state index is 6.34. The molecule has 0 spiro atoms. The lowest BCUT2D eigenvalue weighted by Crippen LogP contribution is -2.33. The van der Waals surface area contributed by atoms with E-state index in [4.69, 9.17) is 23.8 Å². The van der Waals surface area contributed by atoms with Crippen LogP contribution in [0.25, 0.3) is 85.0 Å². The predicted molar refractivity (Wildman–Crippen MR) is 212 cm³/mol. The molecule has 8 aromatic rings. The zero-order chi connectivity index (χ0) is 35.3. The van der Waals surface area contributed by atoms with E-state index in [1.54, 1.807) is 0 Å². The Kier molecular flexibility index (Phi) is 6.48. The Hall–Kier alpha value is -6.33. The summed E-state index contributed by atoms with van der Waals surface area (Å²) < 4.78 is 12.7. The van der Waals surface area contributed by atoms with Crippen molar-refractivity contribution in [1.82, 2.24) is 15.0 Å². The van der Waals surface area contributed by atoms with E-state index in [0.717, 1.165) is 69.2 Å². The van der Waals surface area contributed by atoms with Gasteiger partial charge in [-0.15, -0.1) is 0 Å². The van der Waals surface area contributed by atoms with Crippen LogP contribution in [0.15, 0.2) is 130 Å². The molecule has 5 nitrogen and oxygen atoms in total. The van der Waals surface area contributed by atoms with E-state index in [1.165, 1.54) is 38.4 Å². The summed E-state index contributed by atoms with van der Waals surface area (Å²) in [5, 5.41) is 3.59. The lowest BCUT2D eigenvalue weighted by Gasteiger charge is -2.29. The number of furan rings is 2. The van der Waals surface area contributed by atoms with Crippen molar-refractivity contribution in [3.05, 3.63) is 154 Å². The second kappa shape index (κ2) is 11.3. The van der Waals surface area contributed by atoms with Gasteiger partial charge in [-0.25, -0.2) is 15.0 Å². The number of benzene rings is 5. The van der Waals surface area contributed by atoms with E-state index in [2.05, 4.69) is 117 Å². The summed E-state index contributed by atoms with van der Waals surface area (Å²) >= 11 is 0. The third-order valence-corrected chi connectivity index (χ3v) is 11.7. The minimum Gasteiger partial charge on any atom is -0.460 e. The quantitative estimate of drug-likeness (QED) is 0.185. The molecular weight excluding hydrogens is 651 g/mol. The first-order valence-electron chi connectivity index (χ1n) is 18.5. The van der Waals surface area contributed by atoms with Crippen LogP contribution in [0.2, 0.25) is 0 Å². The van der Waals surface area contributed by atoms with Gasteiger partial charge in [-0.3, -0.25) is 0 Å². The second-order valence-corrected chi connectivity index (χ2v) is 15.1. The van der Waals surface area contributed by atoms with Crippen molar-refractivity contribution >= 4 is 39.7 Å². The number of allylic oxidation sites excluding steroid dienone is 1. The van der Waals surface area contributed by atoms with Gasteiger partial charge in [0.05, 0.1) is 0 Å². The molecule has 0 bridgehead atoms. The summed E-state index contributed by atoms with van der Waals surface area (Å²) in [5.74, 6) is 3.32. The van der Waals surface area contributed by atoms with Crippen LogP contribution < -0.4 is 10.6 Å². The molecule has 0 saturated carbocycles. The summed E-state index contributed by atoms with van der Waals surface area (Å²) in [6.45, 7) is 4.79. The maximum absolute atomic E-state index is 6.34. The van der Waals surface area contributed by atoms with E-state index >= 15 is 0 Å². The highest BCUT2D eigenvalue weighted by molar-refractivity contribution is 5.92. The molecule has 3 heterocycles. The number of aromatic nitrogens is 3. The Morgan fingerprint density at radius 2 is 1.34 bits per heavy atom. The largest absolute Gasteiger partial charge is 0.460 e. The lowest BCUT2D eigenvalue weighted by molar-refractivity contribution is 0.416. The van der Waals surface area contributed by atoms with Crippen LogP contribution in [-0.4, -0.2) is 15.0 Å². The highest BCUT2D eigenvalue weighted by Crippen LogP contribution is 2.52. The highest BCUT2D eigenvalue weighted by atomic mass is 16.3. The van der Waals surface area contributed by atoms with Crippen LogP contribution in [-0.2, 0) is 11.8 Å². The molecule has 1 unspecified atom stereocenters. The van der Waals surface area contributed by atoms with Gasteiger partial charge in [-0.2, -0.15) is 0 Å². The Labute approximate surface area is 306 Å². The van der Waals surface area contributed by atoms with Crippen LogP contribution >= 0.6 is 0 Å². The molecule has 11 rings (SSSR count). The van der Waals surface area contributed by atoms with Crippen LogP contribution in [0.4, 0.5) is 0 Å². The number of aryl methyl sites for hydroxylation is 1. The molecule has 0 amide bonds. The molecular formula is C48H35N3O2. The minimum atomic E-state index is -0.0385. The van der Waals surface area contributed by atoms with Gasteiger partial charge in [0.15, 0.2) is 17.5 Å². The molecule has 0 aliphatic heterocycles. The van der Waals surface area contributed by atoms with Crippen molar-refractivity contribution in [3.8, 4) is 45.3 Å². The Morgan fingerprint density at radius 3 is 2.21 bits per heavy atom. The zero-order valence-electron chi connectivity index (χ0n) is 29.6. The summed E-state index contributed by atoms with van der Waals surface area (Å²) in [7, 11) is 0. The molecule has 0 fully saturated rings. The molecule has 3 aliphatic carbocycles. The molecule has 1 atom stereocenters. The van der Waals surface area contributed by atoms with E-state index in [9.17, 15) is 0 Å². The standard InChI is InChI=1S/C48H35N3O2/c1-48(2)37-23-24-41-44(36-16-7-9-18-40(36)52-41)43(37)35-22-19-30(26-38(35)48)29-13-10-14-31(25-29)46-49-45(28-11-4-3-5-12-28)50-47(51-46)32-20-21-34-33-15-6-8-17-39(33)53-42(34)27-32/h3-7,9-16,18-22,24-27,37H,8,17,23H2,1-2H3. The van der Waals surface area contributed by atoms with Gasteiger partial charge >= 0.3 is 0 Å². The van der Waals surface area contributed by atoms with Crippen molar-refractivity contribution in [2.45, 2.75) is 38.5 Å². The van der Waals surface area contributed by atoms with Crippen molar-refractivity contribution in [1.29, 1.82) is 0 Å². The molecule has 0 radical (unpaired) electrons. The van der Waals surface area contributed by atoms with Gasteiger partial charge in [-0.1, -0.05) is 111 Å². The number of para-hydroxylation sites is 1. The first-order chi connectivity index (χ1) is 26.0. The fourth-order valence-electron chi connectivity index (χ4n) is 8.94. The molecule has 3 aliphatic rings. The smallest absolute Gasteiger partial charge is 0.164 e. The first-order valence-corrected chi connectivity index (χ1v) is 18.5. The van der Waals surface area contributed by atoms with Crippen LogP contribution in [0, 0.1) is 5.92 Å². The minimum absolute atomic E-state index is 0.0385. The number of hydrogen-bond acceptors (Lipinski definition) is 5. The Bertz CT molecular complexity index is 2960. The molecule has 5 heteroatoms. The molecule has 5 aromatic carbocycles. The topological polar surface area (TPSA) is 65.0 Å². The zero-order valence-corrected chi connectivity index (χ0v) is 29.6. The highest BCUT2D eigenvalue weighted by Gasteiger charge is 2.44. The van der Waals surface area contributed by atoms with Crippen molar-refractivity contribution in [2.75, 3.05) is 0 Å².